The van der Waals surface area contributed by atoms with Crippen LogP contribution in [0.1, 0.15) is 82.2 Å². The van der Waals surface area contributed by atoms with Gasteiger partial charge in [0, 0.05) is 38.7 Å². The molecular formula is C21H39IN4O2. The van der Waals surface area contributed by atoms with Crippen LogP contribution in [0, 0.1) is 0 Å². The molecule has 0 unspecified atom stereocenters. The van der Waals surface area contributed by atoms with Gasteiger partial charge >= 0.3 is 0 Å². The monoisotopic (exact) mass is 506 g/mol. The minimum atomic E-state index is 0. The maximum atomic E-state index is 5.98. The van der Waals surface area contributed by atoms with Crippen LogP contribution in [0.5, 0.6) is 0 Å². The van der Waals surface area contributed by atoms with Crippen molar-refractivity contribution in [1.29, 1.82) is 0 Å². The van der Waals surface area contributed by atoms with Gasteiger partial charge in [-0.3, -0.25) is 4.99 Å². The average Bonchev–Trinajstić information content (AvgIpc) is 3.12. The minimum Gasteiger partial charge on any atom is -0.378 e. The van der Waals surface area contributed by atoms with Gasteiger partial charge in [-0.1, -0.05) is 38.3 Å². The Hall–Kier alpha value is -0.830. The lowest BCUT2D eigenvalue weighted by atomic mass is 9.98. The number of nitrogens with zero attached hydrogens (tertiary/aromatic N) is 2. The number of ether oxygens (including phenoxy) is 1. The van der Waals surface area contributed by atoms with Gasteiger partial charge in [-0.05, 0) is 38.5 Å². The van der Waals surface area contributed by atoms with Gasteiger partial charge in [-0.2, -0.15) is 0 Å². The van der Waals surface area contributed by atoms with E-state index in [0.29, 0.717) is 12.6 Å². The molecule has 2 rings (SSSR count). The lowest BCUT2D eigenvalue weighted by molar-refractivity contribution is 0.0264. The first-order valence-electron chi connectivity index (χ1n) is 10.8. The Bertz CT molecular complexity index is 535. The summed E-state index contributed by atoms with van der Waals surface area (Å²) < 4.78 is 11.4. The fourth-order valence-electron chi connectivity index (χ4n) is 3.62. The molecule has 0 atom stereocenters. The Balaban J connectivity index is 0.00000392. The van der Waals surface area contributed by atoms with Crippen molar-refractivity contribution in [1.82, 2.24) is 15.8 Å². The number of aliphatic imine (C=N–C) groups is 1. The van der Waals surface area contributed by atoms with Crippen LogP contribution in [0.3, 0.4) is 0 Å². The molecule has 0 spiro atoms. The summed E-state index contributed by atoms with van der Waals surface area (Å²) >= 11 is 0. The molecule has 0 saturated heterocycles. The van der Waals surface area contributed by atoms with Gasteiger partial charge in [0.25, 0.3) is 0 Å². The third-order valence-electron chi connectivity index (χ3n) is 5.28. The van der Waals surface area contributed by atoms with E-state index in [9.17, 15) is 0 Å². The molecule has 0 aliphatic heterocycles. The molecule has 7 heteroatoms. The standard InChI is InChI=1S/C21H38N4O2.HI/c1-4-19-18(20(5-2)27-25-19)16-24-21(22-3)23-14-10-7-11-15-26-17-12-8-6-9-13-17;/h17H,4-16H2,1-3H3,(H2,22,23,24);1H. The zero-order valence-corrected chi connectivity index (χ0v) is 20.2. The van der Waals surface area contributed by atoms with E-state index in [4.69, 9.17) is 9.26 Å². The number of aromatic nitrogens is 1. The minimum absolute atomic E-state index is 0. The summed E-state index contributed by atoms with van der Waals surface area (Å²) in [5.41, 5.74) is 2.20. The second-order valence-corrected chi connectivity index (χ2v) is 7.28. The zero-order chi connectivity index (χ0) is 19.3. The number of unbranched alkanes of at least 4 members (excludes halogenated alkanes) is 2. The summed E-state index contributed by atoms with van der Waals surface area (Å²) in [5, 5.41) is 10.9. The van der Waals surface area contributed by atoms with Crippen LogP contribution in [0.15, 0.2) is 9.52 Å². The van der Waals surface area contributed by atoms with E-state index in [1.54, 1.807) is 0 Å². The highest BCUT2D eigenvalue weighted by Crippen LogP contribution is 2.20. The lowest BCUT2D eigenvalue weighted by Crippen LogP contribution is -2.37. The van der Waals surface area contributed by atoms with Crippen LogP contribution in [-0.2, 0) is 24.1 Å². The van der Waals surface area contributed by atoms with Crippen LogP contribution >= 0.6 is 24.0 Å². The van der Waals surface area contributed by atoms with Crippen molar-refractivity contribution in [2.45, 2.75) is 90.7 Å². The van der Waals surface area contributed by atoms with Crippen LogP contribution in [0.2, 0.25) is 0 Å². The third kappa shape index (κ3) is 8.68. The summed E-state index contributed by atoms with van der Waals surface area (Å²) in [6.07, 6.45) is 12.3. The molecule has 0 radical (unpaired) electrons. The van der Waals surface area contributed by atoms with Crippen molar-refractivity contribution < 1.29 is 9.26 Å². The van der Waals surface area contributed by atoms with Crippen molar-refractivity contribution in [2.24, 2.45) is 4.99 Å². The molecule has 6 nitrogen and oxygen atoms in total. The van der Waals surface area contributed by atoms with Gasteiger partial charge in [0.15, 0.2) is 5.96 Å². The van der Waals surface area contributed by atoms with E-state index < -0.39 is 0 Å². The van der Waals surface area contributed by atoms with Crippen molar-refractivity contribution in [3.8, 4) is 0 Å². The Morgan fingerprint density at radius 3 is 2.57 bits per heavy atom. The molecule has 0 amide bonds. The highest BCUT2D eigenvalue weighted by Gasteiger charge is 2.14. The van der Waals surface area contributed by atoms with Gasteiger partial charge in [0.2, 0.25) is 0 Å². The summed E-state index contributed by atoms with van der Waals surface area (Å²) in [7, 11) is 1.81. The van der Waals surface area contributed by atoms with Gasteiger partial charge in [0.1, 0.15) is 5.76 Å². The fourth-order valence-corrected chi connectivity index (χ4v) is 3.62. The van der Waals surface area contributed by atoms with E-state index in [1.807, 2.05) is 7.05 Å². The molecule has 1 aromatic rings. The smallest absolute Gasteiger partial charge is 0.191 e. The molecule has 0 aromatic carbocycles. The Kier molecular flexibility index (Phi) is 13.6. The van der Waals surface area contributed by atoms with E-state index in [2.05, 4.69) is 34.6 Å². The van der Waals surface area contributed by atoms with Crippen molar-refractivity contribution in [3.63, 3.8) is 0 Å². The highest BCUT2D eigenvalue weighted by atomic mass is 127. The number of aryl methyl sites for hydroxylation is 2. The van der Waals surface area contributed by atoms with Gasteiger partial charge in [-0.15, -0.1) is 24.0 Å². The van der Waals surface area contributed by atoms with Crippen LogP contribution < -0.4 is 10.6 Å². The van der Waals surface area contributed by atoms with Crippen molar-refractivity contribution >= 4 is 29.9 Å². The number of guanidine groups is 1. The number of hydrogen-bond donors (Lipinski definition) is 2. The van der Waals surface area contributed by atoms with E-state index in [1.165, 1.54) is 44.1 Å². The van der Waals surface area contributed by atoms with Crippen molar-refractivity contribution in [3.05, 3.63) is 17.0 Å². The van der Waals surface area contributed by atoms with Crippen LogP contribution in [0.4, 0.5) is 0 Å². The number of hydrogen-bond acceptors (Lipinski definition) is 4. The summed E-state index contributed by atoms with van der Waals surface area (Å²) in [6.45, 7) is 6.73. The number of rotatable bonds is 11. The predicted molar refractivity (Wildman–Crippen MR) is 126 cm³/mol. The molecule has 1 heterocycles. The maximum absolute atomic E-state index is 5.98. The second kappa shape index (κ2) is 15.1. The predicted octanol–water partition coefficient (Wildman–Crippen LogP) is 4.60. The molecule has 1 fully saturated rings. The van der Waals surface area contributed by atoms with Crippen LogP contribution in [0.25, 0.3) is 0 Å². The molecule has 1 saturated carbocycles. The molecule has 162 valence electrons. The fraction of sp³-hybridized carbons (Fsp3) is 0.810. The lowest BCUT2D eigenvalue weighted by Gasteiger charge is -2.21. The third-order valence-corrected chi connectivity index (χ3v) is 5.28. The highest BCUT2D eigenvalue weighted by molar-refractivity contribution is 14.0. The first-order valence-corrected chi connectivity index (χ1v) is 10.8. The quantitative estimate of drug-likeness (QED) is 0.199. The summed E-state index contributed by atoms with van der Waals surface area (Å²) in [5.74, 6) is 1.80. The summed E-state index contributed by atoms with van der Waals surface area (Å²) in [6, 6.07) is 0. The second-order valence-electron chi connectivity index (χ2n) is 7.28. The molecule has 1 aromatic heterocycles. The molecular weight excluding hydrogens is 467 g/mol. The van der Waals surface area contributed by atoms with Gasteiger partial charge < -0.3 is 19.9 Å². The molecule has 1 aliphatic rings. The first kappa shape index (κ1) is 25.2. The largest absolute Gasteiger partial charge is 0.378 e. The maximum Gasteiger partial charge on any atom is 0.191 e. The first-order chi connectivity index (χ1) is 13.3. The van der Waals surface area contributed by atoms with E-state index in [0.717, 1.165) is 56.2 Å². The van der Waals surface area contributed by atoms with E-state index >= 15 is 0 Å². The average molecular weight is 506 g/mol. The SMILES string of the molecule is CCc1noc(CC)c1CNC(=NC)NCCCCCOC1CCCCC1.I. The summed E-state index contributed by atoms with van der Waals surface area (Å²) in [4.78, 5) is 4.31. The Morgan fingerprint density at radius 1 is 1.11 bits per heavy atom. The van der Waals surface area contributed by atoms with Gasteiger partial charge in [0.05, 0.1) is 11.8 Å². The Labute approximate surface area is 187 Å². The molecule has 0 bridgehead atoms. The van der Waals surface area contributed by atoms with E-state index in [-0.39, 0.29) is 24.0 Å². The topological polar surface area (TPSA) is 71.7 Å². The number of halogens is 1. The normalized spacial score (nSPS) is 15.3. The molecule has 1 aliphatic carbocycles. The Morgan fingerprint density at radius 2 is 1.89 bits per heavy atom. The van der Waals surface area contributed by atoms with Crippen LogP contribution in [-0.4, -0.2) is 37.4 Å². The zero-order valence-electron chi connectivity index (χ0n) is 17.9. The van der Waals surface area contributed by atoms with Crippen molar-refractivity contribution in [2.75, 3.05) is 20.2 Å². The van der Waals surface area contributed by atoms with Gasteiger partial charge in [-0.25, -0.2) is 0 Å². The number of nitrogens with one attached hydrogen (secondary N) is 2. The molecule has 28 heavy (non-hydrogen) atoms. The molecule has 2 N–H and O–H groups in total.